The summed E-state index contributed by atoms with van der Waals surface area (Å²) >= 11 is 0. The standard InChI is InChI=1S/C14H19FN2O/c1-14(2,3)18-12-6-5-10(9-11(12)15)13-16-7-4-8-17-13/h5-6,9H,4,7-8H2,1-3H3,(H,16,17). The highest BCUT2D eigenvalue weighted by molar-refractivity contribution is 5.99. The average molecular weight is 250 g/mol. The smallest absolute Gasteiger partial charge is 0.165 e. The van der Waals surface area contributed by atoms with Crippen molar-refractivity contribution >= 4 is 5.84 Å². The first-order valence-electron chi connectivity index (χ1n) is 6.23. The number of nitrogens with zero attached hydrogens (tertiary/aromatic N) is 1. The van der Waals surface area contributed by atoms with Gasteiger partial charge >= 0.3 is 0 Å². The lowest BCUT2D eigenvalue weighted by atomic mass is 10.1. The van der Waals surface area contributed by atoms with Crippen LogP contribution in [-0.2, 0) is 0 Å². The molecule has 1 aliphatic heterocycles. The molecule has 0 saturated carbocycles. The zero-order chi connectivity index (χ0) is 13.2. The summed E-state index contributed by atoms with van der Waals surface area (Å²) in [5, 5.41) is 3.17. The molecule has 0 spiro atoms. The molecule has 0 fully saturated rings. The van der Waals surface area contributed by atoms with E-state index in [1.54, 1.807) is 6.07 Å². The highest BCUT2D eigenvalue weighted by Gasteiger charge is 2.16. The fourth-order valence-corrected chi connectivity index (χ4v) is 1.79. The SMILES string of the molecule is CC(C)(C)Oc1ccc(C2=NCCCN2)cc1F. The minimum Gasteiger partial charge on any atom is -0.485 e. The van der Waals surface area contributed by atoms with Crippen molar-refractivity contribution in [3.05, 3.63) is 29.6 Å². The van der Waals surface area contributed by atoms with Gasteiger partial charge < -0.3 is 10.1 Å². The second kappa shape index (κ2) is 4.96. The van der Waals surface area contributed by atoms with Gasteiger partial charge in [-0.3, -0.25) is 4.99 Å². The van der Waals surface area contributed by atoms with Gasteiger partial charge in [-0.25, -0.2) is 4.39 Å². The minimum absolute atomic E-state index is 0.280. The molecule has 1 aliphatic rings. The maximum Gasteiger partial charge on any atom is 0.165 e. The molecule has 1 heterocycles. The molecule has 3 nitrogen and oxygen atoms in total. The van der Waals surface area contributed by atoms with Crippen LogP contribution in [0.2, 0.25) is 0 Å². The third kappa shape index (κ3) is 3.22. The van der Waals surface area contributed by atoms with Crippen molar-refractivity contribution in [1.82, 2.24) is 5.32 Å². The lowest BCUT2D eigenvalue weighted by Crippen LogP contribution is -2.30. The van der Waals surface area contributed by atoms with Crippen molar-refractivity contribution < 1.29 is 9.13 Å². The van der Waals surface area contributed by atoms with Crippen molar-refractivity contribution in [2.75, 3.05) is 13.1 Å². The molecule has 0 aromatic heterocycles. The zero-order valence-corrected chi connectivity index (χ0v) is 11.1. The van der Waals surface area contributed by atoms with E-state index in [-0.39, 0.29) is 11.6 Å². The molecule has 0 radical (unpaired) electrons. The van der Waals surface area contributed by atoms with Crippen LogP contribution in [0.15, 0.2) is 23.2 Å². The molecule has 0 aliphatic carbocycles. The number of halogens is 1. The van der Waals surface area contributed by atoms with Gasteiger partial charge in [-0.05, 0) is 45.4 Å². The first-order chi connectivity index (χ1) is 8.46. The van der Waals surface area contributed by atoms with Gasteiger partial charge in [0.05, 0.1) is 0 Å². The molecule has 1 N–H and O–H groups in total. The Balaban J connectivity index is 2.22. The van der Waals surface area contributed by atoms with E-state index in [0.717, 1.165) is 30.9 Å². The highest BCUT2D eigenvalue weighted by Crippen LogP contribution is 2.23. The number of benzene rings is 1. The van der Waals surface area contributed by atoms with Crippen LogP contribution in [0, 0.1) is 5.82 Å². The van der Waals surface area contributed by atoms with Crippen molar-refractivity contribution in [3.8, 4) is 5.75 Å². The van der Waals surface area contributed by atoms with Gasteiger partial charge in [0.2, 0.25) is 0 Å². The Morgan fingerprint density at radius 2 is 2.11 bits per heavy atom. The monoisotopic (exact) mass is 250 g/mol. The number of ether oxygens (including phenoxy) is 1. The van der Waals surface area contributed by atoms with Gasteiger partial charge in [0.15, 0.2) is 11.6 Å². The van der Waals surface area contributed by atoms with Crippen LogP contribution in [0.3, 0.4) is 0 Å². The van der Waals surface area contributed by atoms with Crippen molar-refractivity contribution in [2.24, 2.45) is 4.99 Å². The number of amidine groups is 1. The van der Waals surface area contributed by atoms with Gasteiger partial charge in [0.1, 0.15) is 11.4 Å². The third-order valence-corrected chi connectivity index (χ3v) is 2.52. The summed E-state index contributed by atoms with van der Waals surface area (Å²) in [5.74, 6) is 0.697. The normalized spacial score (nSPS) is 15.9. The molecule has 4 heteroatoms. The Morgan fingerprint density at radius 3 is 2.67 bits per heavy atom. The molecule has 1 aromatic carbocycles. The zero-order valence-electron chi connectivity index (χ0n) is 11.1. The molecule has 0 amide bonds. The largest absolute Gasteiger partial charge is 0.485 e. The molecule has 2 rings (SSSR count). The van der Waals surface area contributed by atoms with E-state index in [2.05, 4.69) is 10.3 Å². The second-order valence-electron chi connectivity index (χ2n) is 5.37. The minimum atomic E-state index is -0.400. The molecule has 0 atom stereocenters. The number of rotatable bonds is 2. The number of aliphatic imine (C=N–C) groups is 1. The van der Waals surface area contributed by atoms with Crippen molar-refractivity contribution in [1.29, 1.82) is 0 Å². The van der Waals surface area contributed by atoms with Crippen LogP contribution in [0.4, 0.5) is 4.39 Å². The van der Waals surface area contributed by atoms with Crippen LogP contribution in [0.25, 0.3) is 0 Å². The Kier molecular flexibility index (Phi) is 3.55. The predicted octanol–water partition coefficient (Wildman–Crippen LogP) is 2.74. The van der Waals surface area contributed by atoms with Crippen LogP contribution >= 0.6 is 0 Å². The Hall–Kier alpha value is -1.58. The van der Waals surface area contributed by atoms with E-state index in [9.17, 15) is 4.39 Å². The molecular formula is C14H19FN2O. The predicted molar refractivity (Wildman–Crippen MR) is 70.8 cm³/mol. The van der Waals surface area contributed by atoms with Crippen LogP contribution in [0.5, 0.6) is 5.75 Å². The Bertz CT molecular complexity index is 463. The topological polar surface area (TPSA) is 33.6 Å². The molecule has 0 saturated heterocycles. The van der Waals surface area contributed by atoms with E-state index in [4.69, 9.17) is 4.74 Å². The van der Waals surface area contributed by atoms with E-state index in [0.29, 0.717) is 0 Å². The van der Waals surface area contributed by atoms with Crippen LogP contribution in [-0.4, -0.2) is 24.5 Å². The van der Waals surface area contributed by atoms with Crippen molar-refractivity contribution in [2.45, 2.75) is 32.8 Å². The van der Waals surface area contributed by atoms with E-state index in [1.165, 1.54) is 6.07 Å². The maximum atomic E-state index is 13.9. The van der Waals surface area contributed by atoms with E-state index < -0.39 is 5.60 Å². The van der Waals surface area contributed by atoms with E-state index in [1.807, 2.05) is 26.8 Å². The molecule has 0 bridgehead atoms. The third-order valence-electron chi connectivity index (χ3n) is 2.52. The molecule has 1 aromatic rings. The Morgan fingerprint density at radius 1 is 1.33 bits per heavy atom. The van der Waals surface area contributed by atoms with Gasteiger partial charge in [0.25, 0.3) is 0 Å². The molecule has 98 valence electrons. The van der Waals surface area contributed by atoms with Crippen LogP contribution < -0.4 is 10.1 Å². The van der Waals surface area contributed by atoms with Gasteiger partial charge in [-0.1, -0.05) is 0 Å². The molecule has 18 heavy (non-hydrogen) atoms. The summed E-state index contributed by atoms with van der Waals surface area (Å²) in [6.45, 7) is 7.37. The quantitative estimate of drug-likeness (QED) is 0.875. The van der Waals surface area contributed by atoms with Gasteiger partial charge in [-0.15, -0.1) is 0 Å². The summed E-state index contributed by atoms with van der Waals surface area (Å²) in [4.78, 5) is 4.34. The lowest BCUT2D eigenvalue weighted by molar-refractivity contribution is 0.124. The lowest BCUT2D eigenvalue weighted by Gasteiger charge is -2.22. The van der Waals surface area contributed by atoms with E-state index >= 15 is 0 Å². The first kappa shape index (κ1) is 12.9. The fourth-order valence-electron chi connectivity index (χ4n) is 1.79. The molecular weight excluding hydrogens is 231 g/mol. The van der Waals surface area contributed by atoms with Gasteiger partial charge in [0, 0.05) is 18.7 Å². The van der Waals surface area contributed by atoms with Gasteiger partial charge in [-0.2, -0.15) is 0 Å². The summed E-state index contributed by atoms with van der Waals surface area (Å²) < 4.78 is 19.5. The average Bonchev–Trinajstić information content (AvgIpc) is 2.31. The van der Waals surface area contributed by atoms with Crippen LogP contribution in [0.1, 0.15) is 32.8 Å². The summed E-state index contributed by atoms with van der Waals surface area (Å²) in [6.07, 6.45) is 1.03. The first-order valence-corrected chi connectivity index (χ1v) is 6.23. The fraction of sp³-hybridized carbons (Fsp3) is 0.500. The second-order valence-corrected chi connectivity index (χ2v) is 5.37. The number of nitrogens with one attached hydrogen (secondary N) is 1. The Labute approximate surface area is 107 Å². The number of hydrogen-bond donors (Lipinski definition) is 1. The highest BCUT2D eigenvalue weighted by atomic mass is 19.1. The summed E-state index contributed by atoms with van der Waals surface area (Å²) in [6, 6.07) is 4.97. The molecule has 0 unspecified atom stereocenters. The number of hydrogen-bond acceptors (Lipinski definition) is 3. The van der Waals surface area contributed by atoms with Crippen molar-refractivity contribution in [3.63, 3.8) is 0 Å². The summed E-state index contributed by atoms with van der Waals surface area (Å²) in [5.41, 5.74) is 0.372. The maximum absolute atomic E-state index is 13.9. The summed E-state index contributed by atoms with van der Waals surface area (Å²) in [7, 11) is 0.